The van der Waals surface area contributed by atoms with E-state index in [1.807, 2.05) is 25.1 Å². The van der Waals surface area contributed by atoms with Crippen LogP contribution in [-0.4, -0.2) is 44.9 Å². The molecule has 2 saturated heterocycles. The van der Waals surface area contributed by atoms with E-state index in [1.54, 1.807) is 0 Å². The molecule has 2 aromatic rings. The first-order valence-corrected chi connectivity index (χ1v) is 10.2. The summed E-state index contributed by atoms with van der Waals surface area (Å²) in [7, 11) is 0. The number of likely N-dealkylation sites (tertiary alicyclic amines) is 2. The number of aromatic nitrogens is 2. The molecule has 1 aromatic heterocycles. The van der Waals surface area contributed by atoms with Crippen LogP contribution in [0.5, 0.6) is 0 Å². The molecule has 2 aliphatic heterocycles. The summed E-state index contributed by atoms with van der Waals surface area (Å²) < 4.78 is 4.07. The third kappa shape index (κ3) is 3.81. The summed E-state index contributed by atoms with van der Waals surface area (Å²) in [6.07, 6.45) is 4.13. The molecule has 5 nitrogen and oxygen atoms in total. The molecule has 0 aliphatic carbocycles. The van der Waals surface area contributed by atoms with Gasteiger partial charge in [0.25, 0.3) is 0 Å². The minimum Gasteiger partial charge on any atom is -0.338 e. The Kier molecular flexibility index (Phi) is 5.05. The summed E-state index contributed by atoms with van der Waals surface area (Å²) in [5.74, 6) is 0.305. The quantitative estimate of drug-likeness (QED) is 0.829. The smallest absolute Gasteiger partial charge is 0.222 e. The van der Waals surface area contributed by atoms with Gasteiger partial charge in [-0.25, -0.2) is 0 Å². The van der Waals surface area contributed by atoms with E-state index >= 15 is 0 Å². The number of aryl methyl sites for hydroxylation is 1. The van der Waals surface area contributed by atoms with Crippen LogP contribution in [0.2, 0.25) is 0 Å². The molecular weight excluding hydrogens is 344 g/mol. The molecule has 1 atom stereocenters. The van der Waals surface area contributed by atoms with E-state index in [2.05, 4.69) is 31.5 Å². The van der Waals surface area contributed by atoms with Crippen molar-refractivity contribution < 1.29 is 4.79 Å². The Labute approximate surface area is 159 Å². The first-order chi connectivity index (χ1) is 12.6. The fraction of sp³-hybridized carbons (Fsp3) is 0.550. The molecule has 2 fully saturated rings. The highest BCUT2D eigenvalue weighted by molar-refractivity contribution is 7.05. The Morgan fingerprint density at radius 1 is 1.15 bits per heavy atom. The van der Waals surface area contributed by atoms with E-state index in [0.717, 1.165) is 44.8 Å². The molecule has 138 valence electrons. The maximum absolute atomic E-state index is 12.5. The normalized spacial score (nSPS) is 24.3. The second-order valence-electron chi connectivity index (χ2n) is 7.83. The molecule has 3 heterocycles. The molecule has 0 radical (unpaired) electrons. The lowest BCUT2D eigenvalue weighted by Gasteiger charge is -2.48. The number of rotatable bonds is 4. The molecule has 0 bridgehead atoms. The summed E-state index contributed by atoms with van der Waals surface area (Å²) >= 11 is 1.51. The number of hydrogen-bond donors (Lipinski definition) is 0. The fourth-order valence-electron chi connectivity index (χ4n) is 4.43. The van der Waals surface area contributed by atoms with Gasteiger partial charge in [0, 0.05) is 38.0 Å². The van der Waals surface area contributed by atoms with Crippen LogP contribution < -0.4 is 0 Å². The monoisotopic (exact) mass is 370 g/mol. The Morgan fingerprint density at radius 2 is 2.00 bits per heavy atom. The van der Waals surface area contributed by atoms with Crippen molar-refractivity contribution in [1.29, 1.82) is 0 Å². The van der Waals surface area contributed by atoms with Gasteiger partial charge in [0.2, 0.25) is 5.91 Å². The molecule has 1 spiro atoms. The van der Waals surface area contributed by atoms with Crippen LogP contribution in [-0.2, 0) is 17.9 Å². The second-order valence-corrected chi connectivity index (χ2v) is 8.67. The average Bonchev–Trinajstić information content (AvgIpc) is 3.04. The van der Waals surface area contributed by atoms with Crippen LogP contribution in [0.4, 0.5) is 0 Å². The standard InChI is InChI=1S/C20H26N4OS/c1-16-18(26-22-21-16)13-23-11-5-9-20(14-23)10-8-19(25)24(15-20)12-17-6-3-2-4-7-17/h2-4,6-7H,5,8-15H2,1H3. The Balaban J connectivity index is 1.45. The summed E-state index contributed by atoms with van der Waals surface area (Å²) in [6.45, 7) is 6.81. The zero-order valence-corrected chi connectivity index (χ0v) is 16.2. The average molecular weight is 371 g/mol. The zero-order valence-electron chi connectivity index (χ0n) is 15.4. The van der Waals surface area contributed by atoms with E-state index in [9.17, 15) is 4.79 Å². The lowest BCUT2D eigenvalue weighted by molar-refractivity contribution is -0.140. The van der Waals surface area contributed by atoms with Gasteiger partial charge in [-0.15, -0.1) is 5.10 Å². The Hall–Kier alpha value is -1.79. The van der Waals surface area contributed by atoms with Gasteiger partial charge in [0.15, 0.2) is 0 Å². The van der Waals surface area contributed by atoms with Gasteiger partial charge in [-0.2, -0.15) is 0 Å². The molecule has 4 rings (SSSR count). The molecule has 1 unspecified atom stereocenters. The SMILES string of the molecule is Cc1nnsc1CN1CCCC2(CCC(=O)N(Cc3ccccc3)C2)C1. The summed E-state index contributed by atoms with van der Waals surface area (Å²) in [5, 5.41) is 4.14. The van der Waals surface area contributed by atoms with Gasteiger partial charge in [-0.05, 0) is 49.8 Å². The van der Waals surface area contributed by atoms with Crippen molar-refractivity contribution in [3.63, 3.8) is 0 Å². The van der Waals surface area contributed by atoms with Gasteiger partial charge >= 0.3 is 0 Å². The first kappa shape index (κ1) is 17.6. The van der Waals surface area contributed by atoms with Crippen LogP contribution in [0, 0.1) is 12.3 Å². The lowest BCUT2D eigenvalue weighted by Crippen LogP contribution is -2.53. The number of hydrogen-bond acceptors (Lipinski definition) is 5. The number of carbonyl (C=O) groups is 1. The topological polar surface area (TPSA) is 49.3 Å². The third-order valence-electron chi connectivity index (χ3n) is 5.82. The number of benzene rings is 1. The highest BCUT2D eigenvalue weighted by atomic mass is 32.1. The minimum atomic E-state index is 0.243. The van der Waals surface area contributed by atoms with E-state index in [4.69, 9.17) is 0 Å². The first-order valence-electron chi connectivity index (χ1n) is 9.45. The summed E-state index contributed by atoms with van der Waals surface area (Å²) in [5.41, 5.74) is 2.52. The van der Waals surface area contributed by atoms with Gasteiger partial charge in [0.05, 0.1) is 10.6 Å². The molecule has 1 amide bonds. The number of piperidine rings is 2. The van der Waals surface area contributed by atoms with E-state index < -0.39 is 0 Å². The summed E-state index contributed by atoms with van der Waals surface area (Å²) in [4.78, 5) is 18.4. The largest absolute Gasteiger partial charge is 0.338 e. The number of nitrogens with zero attached hydrogens (tertiary/aromatic N) is 4. The highest BCUT2D eigenvalue weighted by Gasteiger charge is 2.41. The molecule has 26 heavy (non-hydrogen) atoms. The predicted molar refractivity (Wildman–Crippen MR) is 103 cm³/mol. The molecule has 1 aromatic carbocycles. The molecule has 6 heteroatoms. The highest BCUT2D eigenvalue weighted by Crippen LogP contribution is 2.39. The summed E-state index contributed by atoms with van der Waals surface area (Å²) in [6, 6.07) is 10.3. The van der Waals surface area contributed by atoms with Crippen molar-refractivity contribution in [2.45, 2.75) is 45.7 Å². The van der Waals surface area contributed by atoms with Crippen molar-refractivity contribution in [2.75, 3.05) is 19.6 Å². The minimum absolute atomic E-state index is 0.243. The van der Waals surface area contributed by atoms with Gasteiger partial charge in [-0.1, -0.05) is 34.8 Å². The van der Waals surface area contributed by atoms with Gasteiger partial charge < -0.3 is 4.90 Å². The maximum atomic E-state index is 12.5. The lowest BCUT2D eigenvalue weighted by atomic mass is 9.73. The molecular formula is C20H26N4OS. The van der Waals surface area contributed by atoms with E-state index in [0.29, 0.717) is 12.3 Å². The maximum Gasteiger partial charge on any atom is 0.222 e. The van der Waals surface area contributed by atoms with Gasteiger partial charge in [0.1, 0.15) is 0 Å². The fourth-order valence-corrected chi connectivity index (χ4v) is 5.10. The van der Waals surface area contributed by atoms with Crippen molar-refractivity contribution in [3.05, 3.63) is 46.5 Å². The van der Waals surface area contributed by atoms with Crippen LogP contribution in [0.1, 0.15) is 41.8 Å². The zero-order chi connectivity index (χ0) is 18.0. The van der Waals surface area contributed by atoms with Crippen LogP contribution in [0.3, 0.4) is 0 Å². The van der Waals surface area contributed by atoms with Crippen molar-refractivity contribution in [1.82, 2.24) is 19.4 Å². The van der Waals surface area contributed by atoms with E-state index in [-0.39, 0.29) is 5.41 Å². The molecule has 0 N–H and O–H groups in total. The third-order valence-corrected chi connectivity index (χ3v) is 6.63. The predicted octanol–water partition coefficient (Wildman–Crippen LogP) is 3.25. The Bertz CT molecular complexity index is 762. The molecule has 2 aliphatic rings. The van der Waals surface area contributed by atoms with Crippen molar-refractivity contribution >= 4 is 17.4 Å². The molecule has 0 saturated carbocycles. The van der Waals surface area contributed by atoms with Crippen molar-refractivity contribution in [3.8, 4) is 0 Å². The van der Waals surface area contributed by atoms with Crippen LogP contribution >= 0.6 is 11.5 Å². The number of carbonyl (C=O) groups excluding carboxylic acids is 1. The Morgan fingerprint density at radius 3 is 2.77 bits per heavy atom. The van der Waals surface area contributed by atoms with Crippen LogP contribution in [0.25, 0.3) is 0 Å². The number of amides is 1. The van der Waals surface area contributed by atoms with E-state index in [1.165, 1.54) is 34.8 Å². The van der Waals surface area contributed by atoms with Crippen molar-refractivity contribution in [2.24, 2.45) is 5.41 Å². The van der Waals surface area contributed by atoms with Gasteiger partial charge in [-0.3, -0.25) is 9.69 Å². The second kappa shape index (κ2) is 7.45. The van der Waals surface area contributed by atoms with Crippen LogP contribution in [0.15, 0.2) is 30.3 Å².